The Balaban J connectivity index is 2.69. The SMILES string of the molecule is CCCC(CCC)S(=O)(=O)CC(NC(=O)CC1CC1)C(=O)O. The standard InChI is InChI=1S/C15H27NO5S/c1-3-5-12(6-4-2)22(20,21)10-13(15(18)19)16-14(17)9-11-7-8-11/h11-13H,3-10H2,1-2H3,(H,16,17)(H,18,19). The van der Waals surface area contributed by atoms with Crippen molar-refractivity contribution in [3.63, 3.8) is 0 Å². The van der Waals surface area contributed by atoms with Gasteiger partial charge in [0.05, 0.1) is 11.0 Å². The van der Waals surface area contributed by atoms with Crippen LogP contribution in [0.3, 0.4) is 0 Å². The first kappa shape index (κ1) is 18.9. The van der Waals surface area contributed by atoms with Crippen LogP contribution < -0.4 is 5.32 Å². The molecule has 7 heteroatoms. The number of amides is 1. The molecule has 0 saturated heterocycles. The van der Waals surface area contributed by atoms with E-state index in [2.05, 4.69) is 5.32 Å². The van der Waals surface area contributed by atoms with Crippen molar-refractivity contribution in [2.24, 2.45) is 5.92 Å². The van der Waals surface area contributed by atoms with Crippen molar-refractivity contribution in [3.05, 3.63) is 0 Å². The van der Waals surface area contributed by atoms with E-state index < -0.39 is 32.9 Å². The molecule has 0 spiro atoms. The number of nitrogens with one attached hydrogen (secondary N) is 1. The maximum Gasteiger partial charge on any atom is 0.327 e. The van der Waals surface area contributed by atoms with Gasteiger partial charge in [0.2, 0.25) is 5.91 Å². The van der Waals surface area contributed by atoms with E-state index in [1.165, 1.54) is 0 Å². The lowest BCUT2D eigenvalue weighted by Crippen LogP contribution is -2.47. The summed E-state index contributed by atoms with van der Waals surface area (Å²) in [5, 5.41) is 11.0. The van der Waals surface area contributed by atoms with E-state index in [1.807, 2.05) is 13.8 Å². The maximum atomic E-state index is 12.4. The maximum absolute atomic E-state index is 12.4. The molecule has 0 aromatic carbocycles. The summed E-state index contributed by atoms with van der Waals surface area (Å²) in [6.07, 6.45) is 4.77. The van der Waals surface area contributed by atoms with E-state index in [1.54, 1.807) is 0 Å². The highest BCUT2D eigenvalue weighted by molar-refractivity contribution is 7.92. The Morgan fingerprint density at radius 2 is 1.73 bits per heavy atom. The van der Waals surface area contributed by atoms with Gasteiger partial charge in [0, 0.05) is 6.42 Å². The Morgan fingerprint density at radius 1 is 1.18 bits per heavy atom. The molecule has 0 aromatic rings. The second-order valence-electron chi connectivity index (χ2n) is 6.13. The predicted molar refractivity (Wildman–Crippen MR) is 84.3 cm³/mol. The molecule has 1 saturated carbocycles. The van der Waals surface area contributed by atoms with Crippen molar-refractivity contribution in [1.29, 1.82) is 0 Å². The molecule has 22 heavy (non-hydrogen) atoms. The third kappa shape index (κ3) is 6.34. The van der Waals surface area contributed by atoms with E-state index >= 15 is 0 Å². The van der Waals surface area contributed by atoms with Crippen LogP contribution in [0.25, 0.3) is 0 Å². The highest BCUT2D eigenvalue weighted by Gasteiger charge is 2.33. The van der Waals surface area contributed by atoms with Crippen LogP contribution in [0.5, 0.6) is 0 Å². The summed E-state index contributed by atoms with van der Waals surface area (Å²) in [5.41, 5.74) is 0. The molecule has 0 bridgehead atoms. The van der Waals surface area contributed by atoms with Crippen LogP contribution >= 0.6 is 0 Å². The van der Waals surface area contributed by atoms with Gasteiger partial charge in [0.1, 0.15) is 6.04 Å². The van der Waals surface area contributed by atoms with Gasteiger partial charge in [-0.15, -0.1) is 0 Å². The molecular formula is C15H27NO5S. The topological polar surface area (TPSA) is 101 Å². The van der Waals surface area contributed by atoms with Crippen LogP contribution in [0.4, 0.5) is 0 Å². The third-order valence-electron chi connectivity index (χ3n) is 3.93. The summed E-state index contributed by atoms with van der Waals surface area (Å²) < 4.78 is 24.9. The smallest absolute Gasteiger partial charge is 0.327 e. The van der Waals surface area contributed by atoms with E-state index in [4.69, 9.17) is 0 Å². The molecular weight excluding hydrogens is 306 g/mol. The van der Waals surface area contributed by atoms with E-state index in [-0.39, 0.29) is 12.3 Å². The lowest BCUT2D eigenvalue weighted by atomic mass is 10.2. The van der Waals surface area contributed by atoms with Gasteiger partial charge < -0.3 is 10.4 Å². The fourth-order valence-electron chi connectivity index (χ4n) is 2.53. The molecule has 1 amide bonds. The minimum absolute atomic E-state index is 0.289. The first-order valence-electron chi connectivity index (χ1n) is 8.03. The second kappa shape index (κ2) is 8.50. The average molecular weight is 333 g/mol. The van der Waals surface area contributed by atoms with E-state index in [0.717, 1.165) is 25.7 Å². The summed E-state index contributed by atoms with van der Waals surface area (Å²) >= 11 is 0. The molecule has 0 aliphatic heterocycles. The fourth-order valence-corrected chi connectivity index (χ4v) is 4.68. The van der Waals surface area contributed by atoms with Crippen molar-refractivity contribution < 1.29 is 23.1 Å². The molecule has 1 atom stereocenters. The molecule has 1 fully saturated rings. The highest BCUT2D eigenvalue weighted by Crippen LogP contribution is 2.32. The zero-order valence-corrected chi connectivity index (χ0v) is 14.2. The van der Waals surface area contributed by atoms with Crippen LogP contribution in [0.15, 0.2) is 0 Å². The molecule has 128 valence electrons. The number of hydrogen-bond acceptors (Lipinski definition) is 4. The molecule has 0 aromatic heterocycles. The summed E-state index contributed by atoms with van der Waals surface area (Å²) in [4.78, 5) is 23.0. The summed E-state index contributed by atoms with van der Waals surface area (Å²) in [6, 6.07) is -1.35. The number of rotatable bonds is 11. The van der Waals surface area contributed by atoms with Gasteiger partial charge in [0.15, 0.2) is 9.84 Å². The number of aliphatic carboxylic acids is 1. The average Bonchev–Trinajstić information content (AvgIpc) is 3.21. The Kier molecular flexibility index (Phi) is 7.32. The van der Waals surface area contributed by atoms with Crippen LogP contribution in [-0.4, -0.2) is 42.4 Å². The fraction of sp³-hybridized carbons (Fsp3) is 0.867. The van der Waals surface area contributed by atoms with Crippen LogP contribution in [0, 0.1) is 5.92 Å². The van der Waals surface area contributed by atoms with Crippen molar-refractivity contribution in [1.82, 2.24) is 5.32 Å². The van der Waals surface area contributed by atoms with Crippen LogP contribution in [0.2, 0.25) is 0 Å². The Hall–Kier alpha value is -1.11. The predicted octanol–water partition coefficient (Wildman–Crippen LogP) is 1.74. The normalized spacial score (nSPS) is 16.5. The minimum atomic E-state index is -3.54. The minimum Gasteiger partial charge on any atom is -0.480 e. The number of carbonyl (C=O) groups excluding carboxylic acids is 1. The number of carbonyl (C=O) groups is 2. The molecule has 2 N–H and O–H groups in total. The molecule has 1 aliphatic carbocycles. The van der Waals surface area contributed by atoms with Crippen LogP contribution in [0.1, 0.15) is 58.8 Å². The van der Waals surface area contributed by atoms with Crippen molar-refractivity contribution in [2.75, 3.05) is 5.75 Å². The Labute approximate surface area is 132 Å². The summed E-state index contributed by atoms with van der Waals surface area (Å²) in [6.45, 7) is 3.81. The molecule has 6 nitrogen and oxygen atoms in total. The van der Waals surface area contributed by atoms with Crippen molar-refractivity contribution in [3.8, 4) is 0 Å². The van der Waals surface area contributed by atoms with E-state index in [0.29, 0.717) is 18.8 Å². The number of sulfone groups is 1. The van der Waals surface area contributed by atoms with Gasteiger partial charge in [-0.2, -0.15) is 0 Å². The highest BCUT2D eigenvalue weighted by atomic mass is 32.2. The molecule has 0 radical (unpaired) electrons. The molecule has 1 rings (SSSR count). The monoisotopic (exact) mass is 333 g/mol. The van der Waals surface area contributed by atoms with Gasteiger partial charge in [-0.25, -0.2) is 13.2 Å². The third-order valence-corrected chi connectivity index (χ3v) is 6.22. The lowest BCUT2D eigenvalue weighted by Gasteiger charge is -2.20. The lowest BCUT2D eigenvalue weighted by molar-refractivity contribution is -0.141. The zero-order chi connectivity index (χ0) is 16.8. The van der Waals surface area contributed by atoms with E-state index in [9.17, 15) is 23.1 Å². The number of carboxylic acids is 1. The van der Waals surface area contributed by atoms with Gasteiger partial charge in [-0.05, 0) is 31.6 Å². The summed E-state index contributed by atoms with van der Waals surface area (Å²) in [5.74, 6) is -1.85. The first-order chi connectivity index (χ1) is 10.3. The Morgan fingerprint density at radius 3 is 2.14 bits per heavy atom. The summed E-state index contributed by atoms with van der Waals surface area (Å²) in [7, 11) is -3.54. The van der Waals surface area contributed by atoms with Crippen LogP contribution in [-0.2, 0) is 19.4 Å². The largest absolute Gasteiger partial charge is 0.480 e. The molecule has 1 unspecified atom stereocenters. The van der Waals surface area contributed by atoms with Crippen molar-refractivity contribution in [2.45, 2.75) is 70.1 Å². The quantitative estimate of drug-likeness (QED) is 0.600. The first-order valence-corrected chi connectivity index (χ1v) is 9.75. The number of hydrogen-bond donors (Lipinski definition) is 2. The number of carboxylic acid groups (broad SMARTS) is 1. The van der Waals surface area contributed by atoms with Gasteiger partial charge in [-0.1, -0.05) is 26.7 Å². The van der Waals surface area contributed by atoms with Gasteiger partial charge in [0.25, 0.3) is 0 Å². The molecule has 1 aliphatic rings. The van der Waals surface area contributed by atoms with Crippen molar-refractivity contribution >= 4 is 21.7 Å². The van der Waals surface area contributed by atoms with Gasteiger partial charge in [-0.3, -0.25) is 4.79 Å². The second-order valence-corrected chi connectivity index (χ2v) is 8.46. The molecule has 0 heterocycles. The van der Waals surface area contributed by atoms with Gasteiger partial charge >= 0.3 is 5.97 Å². The zero-order valence-electron chi connectivity index (χ0n) is 13.4. The Bertz CT molecular complexity index is 478.